The number of hydrogen-bond acceptors (Lipinski definition) is 4. The zero-order valence-corrected chi connectivity index (χ0v) is 14.2. The van der Waals surface area contributed by atoms with E-state index in [9.17, 15) is 9.59 Å². The Kier molecular flexibility index (Phi) is 6.21. The van der Waals surface area contributed by atoms with Gasteiger partial charge in [-0.3, -0.25) is 9.59 Å². The molecule has 0 aliphatic rings. The first-order valence-corrected chi connectivity index (χ1v) is 7.74. The number of halogens is 1. The third kappa shape index (κ3) is 5.28. The van der Waals surface area contributed by atoms with E-state index in [0.717, 1.165) is 5.56 Å². The van der Waals surface area contributed by atoms with Crippen molar-refractivity contribution < 1.29 is 19.1 Å². The predicted octanol–water partition coefficient (Wildman–Crippen LogP) is 3.46. The fraction of sp³-hybridized carbons (Fsp3) is 0.222. The van der Waals surface area contributed by atoms with Gasteiger partial charge in [0.05, 0.1) is 13.5 Å². The number of carbonyl (C=O) groups excluding carboxylic acids is 2. The predicted molar refractivity (Wildman–Crippen MR) is 92.3 cm³/mol. The third-order valence-electron chi connectivity index (χ3n) is 3.30. The molecule has 0 aromatic heterocycles. The summed E-state index contributed by atoms with van der Waals surface area (Å²) in [6, 6.07) is 13.8. The van der Waals surface area contributed by atoms with Crippen LogP contribution in [0, 0.1) is 0 Å². The van der Waals surface area contributed by atoms with Crippen molar-refractivity contribution >= 4 is 29.2 Å². The maximum Gasteiger partial charge on any atom is 0.311 e. The van der Waals surface area contributed by atoms with Gasteiger partial charge in [0.15, 0.2) is 6.10 Å². The molecule has 0 saturated carbocycles. The highest BCUT2D eigenvalue weighted by molar-refractivity contribution is 6.30. The molecule has 0 bridgehead atoms. The molecule has 0 fully saturated rings. The lowest BCUT2D eigenvalue weighted by Crippen LogP contribution is -2.30. The van der Waals surface area contributed by atoms with Crippen molar-refractivity contribution in [1.82, 2.24) is 0 Å². The van der Waals surface area contributed by atoms with Crippen LogP contribution in [0.15, 0.2) is 48.5 Å². The number of benzene rings is 2. The van der Waals surface area contributed by atoms with Crippen LogP contribution in [0.1, 0.15) is 12.5 Å². The molecule has 1 unspecified atom stereocenters. The van der Waals surface area contributed by atoms with E-state index in [1.807, 2.05) is 0 Å². The van der Waals surface area contributed by atoms with Crippen LogP contribution in [0.3, 0.4) is 0 Å². The van der Waals surface area contributed by atoms with E-state index in [1.54, 1.807) is 55.6 Å². The van der Waals surface area contributed by atoms with E-state index in [-0.39, 0.29) is 6.42 Å². The number of ether oxygens (including phenoxy) is 2. The average molecular weight is 348 g/mol. The van der Waals surface area contributed by atoms with E-state index < -0.39 is 18.0 Å². The van der Waals surface area contributed by atoms with Gasteiger partial charge < -0.3 is 14.8 Å². The summed E-state index contributed by atoms with van der Waals surface area (Å²) in [5.41, 5.74) is 1.37. The Balaban J connectivity index is 1.85. The fourth-order valence-corrected chi connectivity index (χ4v) is 2.11. The number of anilines is 1. The topological polar surface area (TPSA) is 64.6 Å². The van der Waals surface area contributed by atoms with Crippen LogP contribution in [0.5, 0.6) is 5.75 Å². The van der Waals surface area contributed by atoms with Gasteiger partial charge in [0.25, 0.3) is 5.91 Å². The minimum absolute atomic E-state index is 0.0859. The van der Waals surface area contributed by atoms with Crippen LogP contribution in [0.4, 0.5) is 5.69 Å². The number of amides is 1. The van der Waals surface area contributed by atoms with Gasteiger partial charge in [-0.25, -0.2) is 0 Å². The van der Waals surface area contributed by atoms with Crippen molar-refractivity contribution in [3.05, 3.63) is 59.1 Å². The van der Waals surface area contributed by atoms with Gasteiger partial charge in [-0.2, -0.15) is 0 Å². The lowest BCUT2D eigenvalue weighted by atomic mass is 10.1. The summed E-state index contributed by atoms with van der Waals surface area (Å²) < 4.78 is 10.2. The second kappa shape index (κ2) is 8.36. The second-order valence-electron chi connectivity index (χ2n) is 5.15. The van der Waals surface area contributed by atoms with Gasteiger partial charge in [-0.1, -0.05) is 23.7 Å². The standard InChI is InChI=1S/C18H18ClNO4/c1-12(18(22)20-15-7-5-14(19)6-8-15)24-17(21)11-13-3-9-16(23-2)10-4-13/h3-10,12H,11H2,1-2H3,(H,20,22). The maximum atomic E-state index is 12.0. The van der Waals surface area contributed by atoms with E-state index in [4.69, 9.17) is 21.1 Å². The highest BCUT2D eigenvalue weighted by Gasteiger charge is 2.18. The van der Waals surface area contributed by atoms with Crippen LogP contribution >= 0.6 is 11.6 Å². The molecule has 0 aliphatic heterocycles. The van der Waals surface area contributed by atoms with Crippen molar-refractivity contribution in [2.24, 2.45) is 0 Å². The number of carbonyl (C=O) groups is 2. The molecule has 0 spiro atoms. The molecule has 0 aliphatic carbocycles. The van der Waals surface area contributed by atoms with E-state index in [2.05, 4.69) is 5.32 Å². The minimum Gasteiger partial charge on any atom is -0.497 e. The van der Waals surface area contributed by atoms with Crippen molar-refractivity contribution in [2.45, 2.75) is 19.4 Å². The first-order chi connectivity index (χ1) is 11.5. The summed E-state index contributed by atoms with van der Waals surface area (Å²) in [5, 5.41) is 3.24. The van der Waals surface area contributed by atoms with Crippen molar-refractivity contribution in [2.75, 3.05) is 12.4 Å². The highest BCUT2D eigenvalue weighted by atomic mass is 35.5. The summed E-state index contributed by atoms with van der Waals surface area (Å²) in [5.74, 6) is -0.165. The van der Waals surface area contributed by atoms with Crippen molar-refractivity contribution in [3.63, 3.8) is 0 Å². The molecule has 2 rings (SSSR count). The van der Waals surface area contributed by atoms with Crippen LogP contribution < -0.4 is 10.1 Å². The minimum atomic E-state index is -0.897. The lowest BCUT2D eigenvalue weighted by molar-refractivity contribution is -0.152. The second-order valence-corrected chi connectivity index (χ2v) is 5.59. The maximum absolute atomic E-state index is 12.0. The summed E-state index contributed by atoms with van der Waals surface area (Å²) in [6.07, 6.45) is -0.811. The summed E-state index contributed by atoms with van der Waals surface area (Å²) in [6.45, 7) is 1.52. The summed E-state index contributed by atoms with van der Waals surface area (Å²) in [7, 11) is 1.57. The molecule has 24 heavy (non-hydrogen) atoms. The molecule has 0 heterocycles. The molecule has 0 radical (unpaired) electrons. The van der Waals surface area contributed by atoms with Crippen molar-refractivity contribution in [1.29, 1.82) is 0 Å². The molecule has 126 valence electrons. The van der Waals surface area contributed by atoms with E-state index in [1.165, 1.54) is 6.92 Å². The Labute approximate surface area is 145 Å². The van der Waals surface area contributed by atoms with Crippen LogP contribution in [-0.2, 0) is 20.7 Å². The summed E-state index contributed by atoms with van der Waals surface area (Å²) >= 11 is 5.79. The van der Waals surface area contributed by atoms with Gasteiger partial charge in [0, 0.05) is 10.7 Å². The number of hydrogen-bond donors (Lipinski definition) is 1. The van der Waals surface area contributed by atoms with E-state index in [0.29, 0.717) is 16.5 Å². The molecule has 1 atom stereocenters. The zero-order chi connectivity index (χ0) is 17.5. The Morgan fingerprint density at radius 1 is 1.08 bits per heavy atom. The largest absolute Gasteiger partial charge is 0.497 e. The Hall–Kier alpha value is -2.53. The number of nitrogens with one attached hydrogen (secondary N) is 1. The fourth-order valence-electron chi connectivity index (χ4n) is 1.98. The van der Waals surface area contributed by atoms with Gasteiger partial charge in [-0.15, -0.1) is 0 Å². The molecule has 5 nitrogen and oxygen atoms in total. The van der Waals surface area contributed by atoms with Crippen LogP contribution in [0.25, 0.3) is 0 Å². The quantitative estimate of drug-likeness (QED) is 0.813. The normalized spacial score (nSPS) is 11.5. The number of methoxy groups -OCH3 is 1. The SMILES string of the molecule is COc1ccc(CC(=O)OC(C)C(=O)Nc2ccc(Cl)cc2)cc1. The number of rotatable bonds is 6. The van der Waals surface area contributed by atoms with Gasteiger partial charge in [0.2, 0.25) is 0 Å². The zero-order valence-electron chi connectivity index (χ0n) is 13.4. The van der Waals surface area contributed by atoms with Crippen LogP contribution in [0.2, 0.25) is 5.02 Å². The van der Waals surface area contributed by atoms with Crippen LogP contribution in [-0.4, -0.2) is 25.1 Å². The molecular formula is C18H18ClNO4. The smallest absolute Gasteiger partial charge is 0.311 e. The Bertz CT molecular complexity index is 698. The molecule has 0 saturated heterocycles. The monoisotopic (exact) mass is 347 g/mol. The molecule has 1 amide bonds. The Morgan fingerprint density at radius 3 is 2.29 bits per heavy atom. The molecule has 2 aromatic rings. The molecular weight excluding hydrogens is 330 g/mol. The number of esters is 1. The lowest BCUT2D eigenvalue weighted by Gasteiger charge is -2.13. The first kappa shape index (κ1) is 17.8. The average Bonchev–Trinajstić information content (AvgIpc) is 2.57. The Morgan fingerprint density at radius 2 is 1.71 bits per heavy atom. The molecule has 6 heteroatoms. The van der Waals surface area contributed by atoms with Crippen molar-refractivity contribution in [3.8, 4) is 5.75 Å². The van der Waals surface area contributed by atoms with E-state index >= 15 is 0 Å². The van der Waals surface area contributed by atoms with Gasteiger partial charge in [0.1, 0.15) is 5.75 Å². The first-order valence-electron chi connectivity index (χ1n) is 7.37. The highest BCUT2D eigenvalue weighted by Crippen LogP contribution is 2.15. The van der Waals surface area contributed by atoms with Gasteiger partial charge in [-0.05, 0) is 48.9 Å². The molecule has 1 N–H and O–H groups in total. The van der Waals surface area contributed by atoms with Gasteiger partial charge >= 0.3 is 5.97 Å². The third-order valence-corrected chi connectivity index (χ3v) is 3.55. The summed E-state index contributed by atoms with van der Waals surface area (Å²) in [4.78, 5) is 24.0. The molecule has 2 aromatic carbocycles.